The molecule has 2 unspecified atom stereocenters. The maximum atomic E-state index is 12.0. The van der Waals surface area contributed by atoms with Crippen molar-refractivity contribution in [2.45, 2.75) is 32.9 Å². The first-order valence-corrected chi connectivity index (χ1v) is 6.68. The van der Waals surface area contributed by atoms with Gasteiger partial charge in [0.1, 0.15) is 6.04 Å². The SMILES string of the molecule is CCC(C)C1C(=O)NCC(=O)N1CCn1cccn1. The highest BCUT2D eigenvalue weighted by atomic mass is 16.2. The first kappa shape index (κ1) is 13.6. The quantitative estimate of drug-likeness (QED) is 0.829. The van der Waals surface area contributed by atoms with Gasteiger partial charge in [-0.2, -0.15) is 5.10 Å². The van der Waals surface area contributed by atoms with E-state index in [1.165, 1.54) is 0 Å². The Morgan fingerprint density at radius 2 is 2.26 bits per heavy atom. The third-order valence-electron chi connectivity index (χ3n) is 3.65. The number of hydrogen-bond donors (Lipinski definition) is 1. The van der Waals surface area contributed by atoms with Crippen LogP contribution in [-0.2, 0) is 16.1 Å². The summed E-state index contributed by atoms with van der Waals surface area (Å²) >= 11 is 0. The maximum Gasteiger partial charge on any atom is 0.243 e. The summed E-state index contributed by atoms with van der Waals surface area (Å²) in [6.45, 7) is 5.26. The number of nitrogens with one attached hydrogen (secondary N) is 1. The second-order valence-corrected chi connectivity index (χ2v) is 4.90. The predicted octanol–water partition coefficient (Wildman–Crippen LogP) is 0.256. The van der Waals surface area contributed by atoms with Crippen LogP contribution < -0.4 is 5.32 Å². The van der Waals surface area contributed by atoms with Crippen molar-refractivity contribution in [3.05, 3.63) is 18.5 Å². The molecule has 104 valence electrons. The Bertz CT molecular complexity index is 444. The van der Waals surface area contributed by atoms with E-state index < -0.39 is 0 Å². The Balaban J connectivity index is 2.07. The first-order valence-electron chi connectivity index (χ1n) is 6.68. The van der Waals surface area contributed by atoms with Gasteiger partial charge in [0.2, 0.25) is 11.8 Å². The van der Waals surface area contributed by atoms with Gasteiger partial charge in [-0.15, -0.1) is 0 Å². The third-order valence-corrected chi connectivity index (χ3v) is 3.65. The van der Waals surface area contributed by atoms with Crippen LogP contribution >= 0.6 is 0 Å². The molecule has 2 heterocycles. The Hall–Kier alpha value is -1.85. The second-order valence-electron chi connectivity index (χ2n) is 4.90. The van der Waals surface area contributed by atoms with E-state index in [0.717, 1.165) is 6.42 Å². The van der Waals surface area contributed by atoms with E-state index in [1.54, 1.807) is 15.8 Å². The fourth-order valence-corrected chi connectivity index (χ4v) is 2.36. The molecule has 6 heteroatoms. The van der Waals surface area contributed by atoms with E-state index >= 15 is 0 Å². The van der Waals surface area contributed by atoms with Gasteiger partial charge in [-0.05, 0) is 12.0 Å². The molecule has 1 aliphatic heterocycles. The Labute approximate surface area is 112 Å². The van der Waals surface area contributed by atoms with Crippen molar-refractivity contribution >= 4 is 11.8 Å². The fraction of sp³-hybridized carbons (Fsp3) is 0.615. The van der Waals surface area contributed by atoms with Crippen LogP contribution in [0, 0.1) is 5.92 Å². The van der Waals surface area contributed by atoms with Crippen LogP contribution in [0.3, 0.4) is 0 Å². The summed E-state index contributed by atoms with van der Waals surface area (Å²) in [5.41, 5.74) is 0. The van der Waals surface area contributed by atoms with Gasteiger partial charge in [0, 0.05) is 18.9 Å². The molecule has 1 aromatic heterocycles. The highest BCUT2D eigenvalue weighted by Gasteiger charge is 2.37. The summed E-state index contributed by atoms with van der Waals surface area (Å²) in [7, 11) is 0. The van der Waals surface area contributed by atoms with E-state index in [4.69, 9.17) is 0 Å². The minimum absolute atomic E-state index is 0.0166. The minimum Gasteiger partial charge on any atom is -0.345 e. The van der Waals surface area contributed by atoms with Crippen molar-refractivity contribution in [1.29, 1.82) is 0 Å². The zero-order chi connectivity index (χ0) is 13.8. The molecule has 0 aromatic carbocycles. The third kappa shape index (κ3) is 2.94. The second kappa shape index (κ2) is 5.86. The van der Waals surface area contributed by atoms with Crippen LogP contribution in [0.5, 0.6) is 0 Å². The van der Waals surface area contributed by atoms with Crippen LogP contribution in [0.15, 0.2) is 18.5 Å². The van der Waals surface area contributed by atoms with Crippen LogP contribution in [0.4, 0.5) is 0 Å². The molecule has 2 amide bonds. The van der Waals surface area contributed by atoms with E-state index in [1.807, 2.05) is 26.1 Å². The molecule has 6 nitrogen and oxygen atoms in total. The molecular formula is C13H20N4O2. The van der Waals surface area contributed by atoms with Gasteiger partial charge in [-0.3, -0.25) is 14.3 Å². The molecule has 0 bridgehead atoms. The van der Waals surface area contributed by atoms with Gasteiger partial charge in [-0.1, -0.05) is 20.3 Å². The molecular weight excluding hydrogens is 244 g/mol. The molecule has 1 fully saturated rings. The maximum absolute atomic E-state index is 12.0. The van der Waals surface area contributed by atoms with Gasteiger partial charge < -0.3 is 10.2 Å². The van der Waals surface area contributed by atoms with Gasteiger partial charge in [0.05, 0.1) is 13.1 Å². The molecule has 0 saturated carbocycles. The number of amides is 2. The number of carbonyl (C=O) groups excluding carboxylic acids is 2. The number of piperazine rings is 1. The van der Waals surface area contributed by atoms with Crippen molar-refractivity contribution < 1.29 is 9.59 Å². The number of rotatable bonds is 5. The van der Waals surface area contributed by atoms with E-state index in [2.05, 4.69) is 10.4 Å². The van der Waals surface area contributed by atoms with Crippen molar-refractivity contribution in [2.75, 3.05) is 13.1 Å². The average Bonchev–Trinajstić information content (AvgIpc) is 2.92. The zero-order valence-corrected chi connectivity index (χ0v) is 11.4. The molecule has 1 saturated heterocycles. The predicted molar refractivity (Wildman–Crippen MR) is 70.2 cm³/mol. The molecule has 1 aromatic rings. The average molecular weight is 264 g/mol. The summed E-state index contributed by atoms with van der Waals surface area (Å²) < 4.78 is 1.77. The summed E-state index contributed by atoms with van der Waals surface area (Å²) in [4.78, 5) is 25.7. The largest absolute Gasteiger partial charge is 0.345 e. The lowest BCUT2D eigenvalue weighted by Crippen LogP contribution is -2.61. The summed E-state index contributed by atoms with van der Waals surface area (Å²) in [6.07, 6.45) is 4.42. The number of nitrogens with zero attached hydrogens (tertiary/aromatic N) is 3. The Kier molecular flexibility index (Phi) is 4.19. The normalized spacial score (nSPS) is 21.4. The lowest BCUT2D eigenvalue weighted by atomic mass is 9.95. The summed E-state index contributed by atoms with van der Waals surface area (Å²) in [5.74, 6) is 0.0911. The van der Waals surface area contributed by atoms with Gasteiger partial charge in [0.15, 0.2) is 0 Å². The van der Waals surface area contributed by atoms with Crippen LogP contribution in [0.25, 0.3) is 0 Å². The first-order chi connectivity index (χ1) is 9.13. The van der Waals surface area contributed by atoms with Gasteiger partial charge >= 0.3 is 0 Å². The fourth-order valence-electron chi connectivity index (χ4n) is 2.36. The molecule has 19 heavy (non-hydrogen) atoms. The molecule has 0 aliphatic carbocycles. The molecule has 0 spiro atoms. The smallest absolute Gasteiger partial charge is 0.243 e. The number of hydrogen-bond acceptors (Lipinski definition) is 3. The molecule has 1 aliphatic rings. The Morgan fingerprint density at radius 3 is 2.89 bits per heavy atom. The van der Waals surface area contributed by atoms with Gasteiger partial charge in [-0.25, -0.2) is 0 Å². The number of carbonyl (C=O) groups is 2. The zero-order valence-electron chi connectivity index (χ0n) is 11.4. The standard InChI is InChI=1S/C13H20N4O2/c1-3-10(2)12-13(19)14-9-11(18)17(12)8-7-16-6-4-5-15-16/h4-6,10,12H,3,7-9H2,1-2H3,(H,14,19). The molecule has 2 rings (SSSR count). The topological polar surface area (TPSA) is 67.2 Å². The summed E-state index contributed by atoms with van der Waals surface area (Å²) in [5, 5.41) is 6.78. The van der Waals surface area contributed by atoms with Crippen molar-refractivity contribution in [3.63, 3.8) is 0 Å². The van der Waals surface area contributed by atoms with Crippen LogP contribution in [0.1, 0.15) is 20.3 Å². The number of aromatic nitrogens is 2. The lowest BCUT2D eigenvalue weighted by Gasteiger charge is -2.38. The Morgan fingerprint density at radius 1 is 1.47 bits per heavy atom. The van der Waals surface area contributed by atoms with Crippen LogP contribution in [0.2, 0.25) is 0 Å². The highest BCUT2D eigenvalue weighted by Crippen LogP contribution is 2.18. The summed E-state index contributed by atoms with van der Waals surface area (Å²) in [6, 6.07) is 1.48. The molecule has 1 N–H and O–H groups in total. The van der Waals surface area contributed by atoms with E-state index in [9.17, 15) is 9.59 Å². The van der Waals surface area contributed by atoms with Gasteiger partial charge in [0.25, 0.3) is 0 Å². The van der Waals surface area contributed by atoms with Crippen molar-refractivity contribution in [3.8, 4) is 0 Å². The van der Waals surface area contributed by atoms with E-state index in [-0.39, 0.29) is 30.3 Å². The highest BCUT2D eigenvalue weighted by molar-refractivity contribution is 5.94. The molecule has 2 atom stereocenters. The van der Waals surface area contributed by atoms with Crippen molar-refractivity contribution in [2.24, 2.45) is 5.92 Å². The van der Waals surface area contributed by atoms with Crippen molar-refractivity contribution in [1.82, 2.24) is 20.0 Å². The molecule has 0 radical (unpaired) electrons. The van der Waals surface area contributed by atoms with E-state index in [0.29, 0.717) is 13.1 Å². The van der Waals surface area contributed by atoms with Crippen LogP contribution in [-0.4, -0.2) is 45.6 Å². The monoisotopic (exact) mass is 264 g/mol. The lowest BCUT2D eigenvalue weighted by molar-refractivity contribution is -0.147. The minimum atomic E-state index is -0.359.